The average Bonchev–Trinajstić information content (AvgIpc) is 2.99. The largest absolute Gasteiger partial charge is 0.434 e. The van der Waals surface area contributed by atoms with Crippen molar-refractivity contribution in [2.24, 2.45) is 4.99 Å². The van der Waals surface area contributed by atoms with Crippen LogP contribution in [0.4, 0.5) is 13.2 Å². The van der Waals surface area contributed by atoms with E-state index in [2.05, 4.69) is 20.6 Å². The van der Waals surface area contributed by atoms with Gasteiger partial charge in [0.2, 0.25) is 0 Å². The summed E-state index contributed by atoms with van der Waals surface area (Å²) < 4.78 is 43.6. The van der Waals surface area contributed by atoms with Crippen LogP contribution >= 0.6 is 35.3 Å². The fourth-order valence-corrected chi connectivity index (χ4v) is 3.96. The van der Waals surface area contributed by atoms with Crippen LogP contribution in [0.25, 0.3) is 0 Å². The Morgan fingerprint density at radius 1 is 1.17 bits per heavy atom. The van der Waals surface area contributed by atoms with Crippen LogP contribution in [-0.2, 0) is 17.3 Å². The molecule has 1 aliphatic carbocycles. The normalized spacial score (nSPS) is 16.2. The smallest absolute Gasteiger partial charge is 0.378 e. The first kappa shape index (κ1) is 26.4. The third-order valence-electron chi connectivity index (χ3n) is 4.72. The molecule has 0 aromatic carbocycles. The molecule has 0 amide bonds. The Bertz CT molecular complexity index is 590. The van der Waals surface area contributed by atoms with Crippen molar-refractivity contribution in [3.05, 3.63) is 16.1 Å². The third kappa shape index (κ3) is 10.8. The van der Waals surface area contributed by atoms with E-state index in [1.807, 2.05) is 0 Å². The topological polar surface area (TPSA) is 58.5 Å². The van der Waals surface area contributed by atoms with E-state index in [1.165, 1.54) is 38.5 Å². The van der Waals surface area contributed by atoms with Crippen LogP contribution in [0.1, 0.15) is 62.1 Å². The highest BCUT2D eigenvalue weighted by atomic mass is 127. The molecule has 10 heteroatoms. The molecule has 168 valence electrons. The van der Waals surface area contributed by atoms with Gasteiger partial charge < -0.3 is 15.4 Å². The minimum Gasteiger partial charge on any atom is -0.378 e. The number of thiazole rings is 1. The van der Waals surface area contributed by atoms with E-state index in [4.69, 9.17) is 4.74 Å². The number of guanidine groups is 1. The van der Waals surface area contributed by atoms with Crippen LogP contribution in [0.3, 0.4) is 0 Å². The molecule has 0 unspecified atom stereocenters. The molecule has 0 bridgehead atoms. The Hall–Kier alpha value is -0.620. The van der Waals surface area contributed by atoms with Crippen LogP contribution in [0.5, 0.6) is 0 Å². The van der Waals surface area contributed by atoms with Crippen molar-refractivity contribution >= 4 is 41.3 Å². The number of nitrogens with zero attached hydrogens (tertiary/aromatic N) is 2. The van der Waals surface area contributed by atoms with E-state index in [0.717, 1.165) is 42.7 Å². The molecule has 0 spiro atoms. The molecule has 0 saturated heterocycles. The highest BCUT2D eigenvalue weighted by molar-refractivity contribution is 14.0. The summed E-state index contributed by atoms with van der Waals surface area (Å²) in [7, 11) is 1.68. The van der Waals surface area contributed by atoms with Gasteiger partial charge in [-0.05, 0) is 25.7 Å². The summed E-state index contributed by atoms with van der Waals surface area (Å²) in [4.78, 5) is 7.76. The first-order valence-corrected chi connectivity index (χ1v) is 10.9. The molecule has 1 saturated carbocycles. The van der Waals surface area contributed by atoms with Crippen molar-refractivity contribution in [3.8, 4) is 0 Å². The number of rotatable bonds is 9. The van der Waals surface area contributed by atoms with Gasteiger partial charge in [-0.1, -0.05) is 25.7 Å². The summed E-state index contributed by atoms with van der Waals surface area (Å²) in [6.07, 6.45) is 6.10. The van der Waals surface area contributed by atoms with Gasteiger partial charge in [0.1, 0.15) is 0 Å². The standard InChI is InChI=1S/C19H31F3N4OS.HI/c1-23-18(25-12-10-17-26-16(14-28-17)19(20,21)22)24-11-6-7-13-27-15-8-4-2-3-5-9-15;/h14-15H,2-13H2,1H3,(H2,23,24,25);1H. The van der Waals surface area contributed by atoms with Crippen LogP contribution in [0, 0.1) is 0 Å². The van der Waals surface area contributed by atoms with Gasteiger partial charge in [0.05, 0.1) is 11.1 Å². The van der Waals surface area contributed by atoms with E-state index < -0.39 is 11.9 Å². The van der Waals surface area contributed by atoms with Crippen LogP contribution in [0.15, 0.2) is 10.4 Å². The van der Waals surface area contributed by atoms with Gasteiger partial charge in [0.25, 0.3) is 0 Å². The predicted molar refractivity (Wildman–Crippen MR) is 122 cm³/mol. The molecule has 1 aromatic heterocycles. The Labute approximate surface area is 192 Å². The predicted octanol–water partition coefficient (Wildman–Crippen LogP) is 5.01. The number of unbranched alkanes of at least 4 members (excludes halogenated alkanes) is 1. The fourth-order valence-electron chi connectivity index (χ4n) is 3.16. The van der Waals surface area contributed by atoms with Gasteiger partial charge >= 0.3 is 6.18 Å². The summed E-state index contributed by atoms with van der Waals surface area (Å²) in [6, 6.07) is 0. The van der Waals surface area contributed by atoms with Crippen LogP contribution in [-0.4, -0.2) is 43.8 Å². The molecule has 29 heavy (non-hydrogen) atoms. The molecule has 1 aliphatic rings. The molecule has 1 heterocycles. The van der Waals surface area contributed by atoms with Crippen molar-refractivity contribution in [2.75, 3.05) is 26.7 Å². The summed E-state index contributed by atoms with van der Waals surface area (Å²) >= 11 is 1.03. The molecule has 0 atom stereocenters. The number of hydrogen-bond acceptors (Lipinski definition) is 4. The highest BCUT2D eigenvalue weighted by Crippen LogP contribution is 2.30. The Morgan fingerprint density at radius 2 is 1.86 bits per heavy atom. The minimum absolute atomic E-state index is 0. The maximum atomic E-state index is 12.5. The lowest BCUT2D eigenvalue weighted by molar-refractivity contribution is -0.140. The minimum atomic E-state index is -4.38. The van der Waals surface area contributed by atoms with E-state index >= 15 is 0 Å². The zero-order valence-electron chi connectivity index (χ0n) is 16.9. The Balaban J connectivity index is 0.00000420. The first-order chi connectivity index (χ1) is 13.5. The zero-order valence-corrected chi connectivity index (χ0v) is 20.0. The van der Waals surface area contributed by atoms with Crippen molar-refractivity contribution in [1.29, 1.82) is 0 Å². The first-order valence-electron chi connectivity index (χ1n) is 10.1. The third-order valence-corrected chi connectivity index (χ3v) is 5.63. The molecule has 1 fully saturated rings. The number of aromatic nitrogens is 1. The number of alkyl halides is 3. The van der Waals surface area contributed by atoms with Crippen molar-refractivity contribution < 1.29 is 17.9 Å². The highest BCUT2D eigenvalue weighted by Gasteiger charge is 2.33. The summed E-state index contributed by atoms with van der Waals surface area (Å²) in [5, 5.41) is 7.85. The number of ether oxygens (including phenoxy) is 1. The van der Waals surface area contributed by atoms with E-state index in [1.54, 1.807) is 7.05 Å². The number of aliphatic imine (C=N–C) groups is 1. The number of hydrogen-bond donors (Lipinski definition) is 2. The molecular weight excluding hydrogens is 516 g/mol. The van der Waals surface area contributed by atoms with Crippen molar-refractivity contribution in [2.45, 2.75) is 70.1 Å². The van der Waals surface area contributed by atoms with E-state index in [9.17, 15) is 13.2 Å². The average molecular weight is 548 g/mol. The maximum Gasteiger partial charge on any atom is 0.434 e. The number of nitrogens with one attached hydrogen (secondary N) is 2. The summed E-state index contributed by atoms with van der Waals surface area (Å²) in [6.45, 7) is 2.06. The molecule has 2 N–H and O–H groups in total. The molecule has 1 aromatic rings. The second-order valence-electron chi connectivity index (χ2n) is 6.99. The second kappa shape index (κ2) is 14.4. The van der Waals surface area contributed by atoms with Crippen molar-refractivity contribution in [1.82, 2.24) is 15.6 Å². The summed E-state index contributed by atoms with van der Waals surface area (Å²) in [5.41, 5.74) is -0.818. The molecule has 0 radical (unpaired) electrons. The Kier molecular flexibility index (Phi) is 13.1. The van der Waals surface area contributed by atoms with Gasteiger partial charge in [-0.15, -0.1) is 35.3 Å². The lowest BCUT2D eigenvalue weighted by Gasteiger charge is -2.15. The van der Waals surface area contributed by atoms with Crippen LogP contribution < -0.4 is 10.6 Å². The van der Waals surface area contributed by atoms with Gasteiger partial charge in [-0.2, -0.15) is 13.2 Å². The van der Waals surface area contributed by atoms with E-state index in [-0.39, 0.29) is 24.0 Å². The summed E-state index contributed by atoms with van der Waals surface area (Å²) in [5.74, 6) is 0.650. The number of halogens is 4. The SMILES string of the molecule is CN=C(NCCCCOC1CCCCCC1)NCCc1nc(C(F)(F)F)cs1.I. The van der Waals surface area contributed by atoms with E-state index in [0.29, 0.717) is 30.0 Å². The maximum absolute atomic E-state index is 12.5. The van der Waals surface area contributed by atoms with Gasteiger partial charge in [0.15, 0.2) is 11.7 Å². The zero-order chi connectivity index (χ0) is 20.2. The van der Waals surface area contributed by atoms with Gasteiger partial charge in [-0.3, -0.25) is 4.99 Å². The molecule has 0 aliphatic heterocycles. The van der Waals surface area contributed by atoms with Crippen LogP contribution in [0.2, 0.25) is 0 Å². The monoisotopic (exact) mass is 548 g/mol. The molecule has 2 rings (SSSR count). The lowest BCUT2D eigenvalue weighted by Crippen LogP contribution is -2.38. The quantitative estimate of drug-likeness (QED) is 0.150. The Morgan fingerprint density at radius 3 is 2.48 bits per heavy atom. The second-order valence-corrected chi connectivity index (χ2v) is 7.93. The fraction of sp³-hybridized carbons (Fsp3) is 0.789. The molecule has 5 nitrogen and oxygen atoms in total. The van der Waals surface area contributed by atoms with Gasteiger partial charge in [0, 0.05) is 38.5 Å². The molecular formula is C19H32F3IN4OS. The van der Waals surface area contributed by atoms with Gasteiger partial charge in [-0.25, -0.2) is 4.98 Å². The van der Waals surface area contributed by atoms with Crippen molar-refractivity contribution in [3.63, 3.8) is 0 Å². The lowest BCUT2D eigenvalue weighted by atomic mass is 10.1.